The molecule has 194 valence electrons. The fraction of sp³-hybridized carbons (Fsp3) is 0. The maximum Gasteiger partial charge on any atom is 0.0629 e. The molecule has 0 bridgehead atoms. The van der Waals surface area contributed by atoms with Gasteiger partial charge in [0.05, 0.1) is 11.0 Å². The molecule has 0 radical (unpaired) electrons. The molecule has 9 rings (SSSR count). The highest BCUT2D eigenvalue weighted by Crippen LogP contribution is 2.45. The molecule has 0 spiro atoms. The van der Waals surface area contributed by atoms with E-state index in [0.717, 1.165) is 43.1 Å². The van der Waals surface area contributed by atoms with E-state index in [2.05, 4.69) is 24.3 Å². The van der Waals surface area contributed by atoms with Gasteiger partial charge in [0.25, 0.3) is 0 Å². The van der Waals surface area contributed by atoms with Crippen molar-refractivity contribution in [2.24, 2.45) is 0 Å². The lowest BCUT2D eigenvalue weighted by molar-refractivity contribution is 1.68. The van der Waals surface area contributed by atoms with Gasteiger partial charge in [-0.3, -0.25) is 0 Å². The van der Waals surface area contributed by atoms with Gasteiger partial charge >= 0.3 is 0 Å². The second kappa shape index (κ2) is 9.03. The summed E-state index contributed by atoms with van der Waals surface area (Å²) in [7, 11) is 0. The summed E-state index contributed by atoms with van der Waals surface area (Å²) in [5.74, 6) is 0. The van der Waals surface area contributed by atoms with E-state index in [1.807, 2.05) is 84.9 Å². The zero-order chi connectivity index (χ0) is 34.6. The largest absolute Gasteiger partial charge is 0.0629 e. The lowest BCUT2D eigenvalue weighted by Crippen LogP contribution is -1.91. The van der Waals surface area contributed by atoms with Crippen molar-refractivity contribution in [1.82, 2.24) is 0 Å². The molecule has 0 saturated carbocycles. The molecule has 0 fully saturated rings. The van der Waals surface area contributed by atoms with Gasteiger partial charge in [0.15, 0.2) is 0 Å². The SMILES string of the molecule is [2H]c1c([2H])c([2H])c2c(-c3ccc4c5ccccc5c5ccccc5c4c3)c3c([2H])c([2H])c([2H])c([2H])c3c(-c3ccc4ccccc4c3)c2c1[2H]. The Bertz CT molecular complexity index is 2850. The van der Waals surface area contributed by atoms with Gasteiger partial charge in [-0.2, -0.15) is 0 Å². The molecule has 0 amide bonds. The van der Waals surface area contributed by atoms with Crippen molar-refractivity contribution in [1.29, 1.82) is 0 Å². The monoisotopic (exact) mass is 538 g/mol. The van der Waals surface area contributed by atoms with Crippen LogP contribution in [0.3, 0.4) is 0 Å². The van der Waals surface area contributed by atoms with Crippen LogP contribution in [-0.4, -0.2) is 0 Å². The number of rotatable bonds is 2. The lowest BCUT2D eigenvalue weighted by atomic mass is 9.84. The minimum absolute atomic E-state index is 0.209. The van der Waals surface area contributed by atoms with Crippen molar-refractivity contribution in [3.05, 3.63) is 158 Å². The standard InChI is InChI=1S/C42H26/c1-2-12-28-25-29(22-21-27(28)11-1)41-36-17-7-9-19-38(36)42(39-20-10-8-18-37(39)41)30-23-24-35-33-15-4-3-13-31(33)32-14-5-6-16-34(32)40(35)26-30/h1-26H/i7D,8D,9D,10D,17D,18D,19D,20D. The molecule has 0 atom stereocenters. The minimum atomic E-state index is -0.411. The van der Waals surface area contributed by atoms with Crippen LogP contribution >= 0.6 is 0 Å². The van der Waals surface area contributed by atoms with Gasteiger partial charge in [-0.25, -0.2) is 0 Å². The number of hydrogen-bond acceptors (Lipinski definition) is 0. The van der Waals surface area contributed by atoms with Crippen molar-refractivity contribution < 1.29 is 11.0 Å². The van der Waals surface area contributed by atoms with Gasteiger partial charge in [-0.05, 0) is 99.0 Å². The van der Waals surface area contributed by atoms with Crippen molar-refractivity contribution in [2.45, 2.75) is 0 Å². The van der Waals surface area contributed by atoms with Crippen LogP contribution < -0.4 is 0 Å². The van der Waals surface area contributed by atoms with E-state index in [9.17, 15) is 5.48 Å². The Morgan fingerprint density at radius 2 is 0.714 bits per heavy atom. The fourth-order valence-corrected chi connectivity index (χ4v) is 6.61. The Balaban J connectivity index is 1.55. The van der Waals surface area contributed by atoms with Gasteiger partial charge < -0.3 is 0 Å². The van der Waals surface area contributed by atoms with Crippen molar-refractivity contribution >= 4 is 64.6 Å². The Kier molecular flexibility index (Phi) is 3.59. The molecule has 0 nitrogen and oxygen atoms in total. The third-order valence-electron chi connectivity index (χ3n) is 8.45. The Labute approximate surface area is 255 Å². The Morgan fingerprint density at radius 3 is 1.26 bits per heavy atom. The zero-order valence-corrected chi connectivity index (χ0v) is 22.4. The molecule has 42 heavy (non-hydrogen) atoms. The molecule has 9 aromatic carbocycles. The summed E-state index contributed by atoms with van der Waals surface area (Å²) in [4.78, 5) is 0. The highest BCUT2D eigenvalue weighted by molar-refractivity contribution is 6.27. The number of fused-ring (bicyclic) bond motifs is 9. The normalized spacial score (nSPS) is 14.5. The molecule has 0 heterocycles. The molecule has 0 N–H and O–H groups in total. The summed E-state index contributed by atoms with van der Waals surface area (Å²) >= 11 is 0. The van der Waals surface area contributed by atoms with E-state index in [1.54, 1.807) is 0 Å². The second-order valence-corrected chi connectivity index (χ2v) is 10.7. The Morgan fingerprint density at radius 1 is 0.310 bits per heavy atom. The van der Waals surface area contributed by atoms with E-state index in [4.69, 9.17) is 5.48 Å². The third-order valence-corrected chi connectivity index (χ3v) is 8.45. The molecule has 9 aromatic rings. The molecule has 0 aliphatic heterocycles. The van der Waals surface area contributed by atoms with Crippen LogP contribution in [-0.2, 0) is 0 Å². The van der Waals surface area contributed by atoms with Crippen molar-refractivity contribution in [3.8, 4) is 22.3 Å². The van der Waals surface area contributed by atoms with E-state index >= 15 is 0 Å². The highest BCUT2D eigenvalue weighted by atomic mass is 14.2. The quantitative estimate of drug-likeness (QED) is 0.152. The average Bonchev–Trinajstić information content (AvgIpc) is 3.16. The topological polar surface area (TPSA) is 0 Å². The molecule has 0 heteroatoms. The van der Waals surface area contributed by atoms with Crippen LogP contribution in [0.1, 0.15) is 11.0 Å². The van der Waals surface area contributed by atoms with Crippen LogP contribution in [0, 0.1) is 0 Å². The molecule has 0 saturated heterocycles. The summed E-state index contributed by atoms with van der Waals surface area (Å²) in [5.41, 5.74) is 1.88. The summed E-state index contributed by atoms with van der Waals surface area (Å²) < 4.78 is 72.2. The molecule has 0 aromatic heterocycles. The smallest absolute Gasteiger partial charge is 0.0616 e. The van der Waals surface area contributed by atoms with E-state index in [-0.39, 0.29) is 45.7 Å². The minimum Gasteiger partial charge on any atom is -0.0616 e. The van der Waals surface area contributed by atoms with Crippen LogP contribution in [0.5, 0.6) is 0 Å². The highest BCUT2D eigenvalue weighted by Gasteiger charge is 2.18. The average molecular weight is 539 g/mol. The van der Waals surface area contributed by atoms with Gasteiger partial charge in [-0.15, -0.1) is 0 Å². The van der Waals surface area contributed by atoms with Crippen molar-refractivity contribution in [2.75, 3.05) is 0 Å². The number of benzene rings is 9. The predicted molar refractivity (Wildman–Crippen MR) is 182 cm³/mol. The lowest BCUT2D eigenvalue weighted by Gasteiger charge is -2.19. The van der Waals surface area contributed by atoms with Gasteiger partial charge in [-0.1, -0.05) is 145 Å². The maximum absolute atomic E-state index is 9.32. The zero-order valence-electron chi connectivity index (χ0n) is 30.4. The van der Waals surface area contributed by atoms with Gasteiger partial charge in [0.1, 0.15) is 0 Å². The summed E-state index contributed by atoms with van der Waals surface area (Å²) in [6, 6.07) is 33.0. The third kappa shape index (κ3) is 3.36. The predicted octanol–water partition coefficient (Wildman–Crippen LogP) is 11.9. The van der Waals surface area contributed by atoms with Crippen LogP contribution in [0.25, 0.3) is 86.9 Å². The molecular formula is C42H26. The van der Waals surface area contributed by atoms with Crippen LogP contribution in [0.15, 0.2) is 158 Å². The number of hydrogen-bond donors (Lipinski definition) is 0. The first-order chi connectivity index (χ1) is 24.2. The van der Waals surface area contributed by atoms with Crippen LogP contribution in [0.2, 0.25) is 0 Å². The summed E-state index contributed by atoms with van der Waals surface area (Å²) in [6.45, 7) is 0. The van der Waals surface area contributed by atoms with Gasteiger partial charge in [0, 0.05) is 0 Å². The molecule has 0 aliphatic carbocycles. The summed E-state index contributed by atoms with van der Waals surface area (Å²) in [6.07, 6.45) is 0. The second-order valence-electron chi connectivity index (χ2n) is 10.7. The maximum atomic E-state index is 9.32. The first kappa shape index (κ1) is 16.7. The van der Waals surface area contributed by atoms with E-state index in [0.29, 0.717) is 22.3 Å². The summed E-state index contributed by atoms with van der Waals surface area (Å²) in [5, 5.41) is 8.90. The first-order valence-electron chi connectivity index (χ1n) is 18.0. The molecule has 0 aliphatic rings. The van der Waals surface area contributed by atoms with Crippen molar-refractivity contribution in [3.63, 3.8) is 0 Å². The first-order valence-corrected chi connectivity index (χ1v) is 14.0. The van der Waals surface area contributed by atoms with E-state index in [1.165, 1.54) is 0 Å². The van der Waals surface area contributed by atoms with Crippen LogP contribution in [0.4, 0.5) is 0 Å². The molecule has 0 unspecified atom stereocenters. The fourth-order valence-electron chi connectivity index (χ4n) is 6.61. The Hall–Kier alpha value is -5.46. The van der Waals surface area contributed by atoms with E-state index < -0.39 is 24.2 Å². The molecular weight excluding hydrogens is 504 g/mol. The van der Waals surface area contributed by atoms with Gasteiger partial charge in [0.2, 0.25) is 0 Å².